The monoisotopic (exact) mass is 406 g/mol. The van der Waals surface area contributed by atoms with Gasteiger partial charge in [-0.3, -0.25) is 9.36 Å². The molecular formula is C19H18N8OS. The van der Waals surface area contributed by atoms with E-state index in [2.05, 4.69) is 31.0 Å². The molecule has 2 aromatic heterocycles. The van der Waals surface area contributed by atoms with E-state index >= 15 is 0 Å². The highest BCUT2D eigenvalue weighted by Gasteiger charge is 2.20. The Kier molecular flexibility index (Phi) is 5.34. The average molecular weight is 406 g/mol. The number of amides is 1. The van der Waals surface area contributed by atoms with Gasteiger partial charge in [0.05, 0.1) is 16.6 Å². The van der Waals surface area contributed by atoms with Gasteiger partial charge in [-0.2, -0.15) is 4.68 Å². The summed E-state index contributed by atoms with van der Waals surface area (Å²) in [4.78, 5) is 11.3. The van der Waals surface area contributed by atoms with Gasteiger partial charge in [-0.25, -0.2) is 0 Å². The van der Waals surface area contributed by atoms with Crippen molar-refractivity contribution in [3.05, 3.63) is 66.7 Å². The van der Waals surface area contributed by atoms with Crippen molar-refractivity contribution < 1.29 is 4.79 Å². The van der Waals surface area contributed by atoms with Crippen molar-refractivity contribution in [3.8, 4) is 11.4 Å². The third-order valence-electron chi connectivity index (χ3n) is 4.10. The number of para-hydroxylation sites is 1. The first-order valence-corrected chi connectivity index (χ1v) is 9.78. The van der Waals surface area contributed by atoms with Crippen molar-refractivity contribution in [3.63, 3.8) is 0 Å². The van der Waals surface area contributed by atoms with E-state index in [-0.39, 0.29) is 11.2 Å². The van der Waals surface area contributed by atoms with Gasteiger partial charge in [0.15, 0.2) is 11.0 Å². The van der Waals surface area contributed by atoms with Crippen LogP contribution in [-0.2, 0) is 4.79 Å². The Morgan fingerprint density at radius 1 is 1.07 bits per heavy atom. The summed E-state index contributed by atoms with van der Waals surface area (Å²) in [6, 6.07) is 17.2. The first-order chi connectivity index (χ1) is 14.1. The van der Waals surface area contributed by atoms with Crippen molar-refractivity contribution in [2.75, 3.05) is 5.32 Å². The van der Waals surface area contributed by atoms with Crippen molar-refractivity contribution in [2.45, 2.75) is 24.3 Å². The van der Waals surface area contributed by atoms with E-state index in [9.17, 15) is 4.79 Å². The molecule has 0 aliphatic heterocycles. The first kappa shape index (κ1) is 18.8. The van der Waals surface area contributed by atoms with Crippen LogP contribution < -0.4 is 5.32 Å². The molecule has 146 valence electrons. The molecule has 0 saturated carbocycles. The van der Waals surface area contributed by atoms with Gasteiger partial charge >= 0.3 is 0 Å². The van der Waals surface area contributed by atoms with Crippen LogP contribution in [-0.4, -0.2) is 40.9 Å². The van der Waals surface area contributed by atoms with Gasteiger partial charge in [-0.15, -0.1) is 15.3 Å². The molecule has 1 amide bonds. The molecule has 0 bridgehead atoms. The average Bonchev–Trinajstić information content (AvgIpc) is 3.38. The molecule has 2 heterocycles. The van der Waals surface area contributed by atoms with E-state index in [1.165, 1.54) is 18.7 Å². The van der Waals surface area contributed by atoms with Crippen molar-refractivity contribution in [2.24, 2.45) is 0 Å². The van der Waals surface area contributed by atoms with E-state index in [0.29, 0.717) is 16.7 Å². The fourth-order valence-electron chi connectivity index (χ4n) is 2.83. The van der Waals surface area contributed by atoms with E-state index in [4.69, 9.17) is 0 Å². The lowest BCUT2D eigenvalue weighted by molar-refractivity contribution is -0.114. The molecule has 0 spiro atoms. The first-order valence-electron chi connectivity index (χ1n) is 8.90. The summed E-state index contributed by atoms with van der Waals surface area (Å²) in [5.41, 5.74) is 2.45. The number of tetrazole rings is 1. The Hall–Kier alpha value is -3.53. The number of benzene rings is 2. The van der Waals surface area contributed by atoms with Gasteiger partial charge in [0, 0.05) is 12.6 Å². The molecule has 0 aliphatic rings. The Balaban J connectivity index is 1.59. The van der Waals surface area contributed by atoms with Gasteiger partial charge in [0.2, 0.25) is 5.91 Å². The topological polar surface area (TPSA) is 103 Å². The lowest BCUT2D eigenvalue weighted by atomic mass is 10.2. The number of nitrogens with one attached hydrogen (secondary N) is 1. The van der Waals surface area contributed by atoms with Crippen molar-refractivity contribution in [1.82, 2.24) is 35.0 Å². The summed E-state index contributed by atoms with van der Waals surface area (Å²) >= 11 is 1.50. The fourth-order valence-corrected chi connectivity index (χ4v) is 3.76. The molecule has 4 rings (SSSR count). The van der Waals surface area contributed by atoms with Crippen LogP contribution >= 0.6 is 11.8 Å². The Morgan fingerprint density at radius 3 is 2.66 bits per heavy atom. The van der Waals surface area contributed by atoms with E-state index in [1.54, 1.807) is 11.0 Å². The quantitative estimate of drug-likeness (QED) is 0.491. The molecule has 29 heavy (non-hydrogen) atoms. The van der Waals surface area contributed by atoms with Crippen LogP contribution in [0.1, 0.15) is 24.9 Å². The number of aromatic nitrogens is 7. The third-order valence-corrected chi connectivity index (χ3v) is 5.15. The summed E-state index contributed by atoms with van der Waals surface area (Å²) in [6.45, 7) is 3.49. The zero-order chi connectivity index (χ0) is 20.2. The minimum absolute atomic E-state index is 0.0771. The standard InChI is InChI=1S/C19H18N8OS/c1-13(18-22-24-25-27(18)16-8-4-3-5-9-16)29-19-23-20-12-26(19)17-10-6-7-15(11-17)21-14(2)28/h3-13H,1-2H3,(H,21,28). The summed E-state index contributed by atoms with van der Waals surface area (Å²) in [7, 11) is 0. The predicted molar refractivity (Wildman–Crippen MR) is 109 cm³/mol. The molecule has 1 N–H and O–H groups in total. The third kappa shape index (κ3) is 4.16. The second kappa shape index (κ2) is 8.23. The molecule has 10 heteroatoms. The zero-order valence-electron chi connectivity index (χ0n) is 15.8. The number of anilines is 1. The Labute approximate surface area is 171 Å². The van der Waals surface area contributed by atoms with Crippen LogP contribution in [0.25, 0.3) is 11.4 Å². The van der Waals surface area contributed by atoms with Crippen LogP contribution in [0.15, 0.2) is 66.1 Å². The maximum Gasteiger partial charge on any atom is 0.221 e. The number of carbonyl (C=O) groups is 1. The highest BCUT2D eigenvalue weighted by atomic mass is 32.2. The molecule has 9 nitrogen and oxygen atoms in total. The number of nitrogens with zero attached hydrogens (tertiary/aromatic N) is 7. The van der Waals surface area contributed by atoms with Crippen LogP contribution in [0.4, 0.5) is 5.69 Å². The highest BCUT2D eigenvalue weighted by Crippen LogP contribution is 2.34. The fraction of sp³-hybridized carbons (Fsp3) is 0.158. The van der Waals surface area contributed by atoms with Crippen LogP contribution in [0.5, 0.6) is 0 Å². The minimum atomic E-state index is -0.123. The number of carbonyl (C=O) groups excluding carboxylic acids is 1. The second-order valence-electron chi connectivity index (χ2n) is 6.26. The molecular weight excluding hydrogens is 388 g/mol. The van der Waals surface area contributed by atoms with Crippen molar-refractivity contribution in [1.29, 1.82) is 0 Å². The normalized spacial score (nSPS) is 11.9. The van der Waals surface area contributed by atoms with E-state index < -0.39 is 0 Å². The smallest absolute Gasteiger partial charge is 0.221 e. The van der Waals surface area contributed by atoms with Crippen molar-refractivity contribution >= 4 is 23.4 Å². The predicted octanol–water partition coefficient (Wildman–Crippen LogP) is 3.05. The number of rotatable bonds is 6. The Morgan fingerprint density at radius 2 is 1.86 bits per heavy atom. The number of hydrogen-bond acceptors (Lipinski definition) is 7. The van der Waals surface area contributed by atoms with Crippen LogP contribution in [0.3, 0.4) is 0 Å². The number of thioether (sulfide) groups is 1. The number of hydrogen-bond donors (Lipinski definition) is 1. The molecule has 2 aromatic carbocycles. The molecule has 0 saturated heterocycles. The summed E-state index contributed by atoms with van der Waals surface area (Å²) in [6.07, 6.45) is 1.64. The lowest BCUT2D eigenvalue weighted by Gasteiger charge is -2.12. The molecule has 0 fully saturated rings. The molecule has 0 radical (unpaired) electrons. The maximum absolute atomic E-state index is 11.3. The van der Waals surface area contributed by atoms with Gasteiger partial charge < -0.3 is 5.32 Å². The minimum Gasteiger partial charge on any atom is -0.326 e. The molecule has 1 atom stereocenters. The molecule has 1 unspecified atom stereocenters. The van der Waals surface area contributed by atoms with E-state index in [1.807, 2.05) is 66.1 Å². The van der Waals surface area contributed by atoms with Gasteiger partial charge in [0.25, 0.3) is 0 Å². The highest BCUT2D eigenvalue weighted by molar-refractivity contribution is 7.99. The van der Waals surface area contributed by atoms with Crippen LogP contribution in [0, 0.1) is 0 Å². The van der Waals surface area contributed by atoms with Crippen LogP contribution in [0.2, 0.25) is 0 Å². The zero-order valence-corrected chi connectivity index (χ0v) is 16.6. The lowest BCUT2D eigenvalue weighted by Crippen LogP contribution is -2.07. The maximum atomic E-state index is 11.3. The molecule has 4 aromatic rings. The summed E-state index contributed by atoms with van der Waals surface area (Å²) in [5, 5.41) is 23.8. The summed E-state index contributed by atoms with van der Waals surface area (Å²) in [5.74, 6) is 0.588. The SMILES string of the molecule is CC(=O)Nc1cccc(-n2cnnc2SC(C)c2nnnn2-c2ccccc2)c1. The summed E-state index contributed by atoms with van der Waals surface area (Å²) < 4.78 is 3.58. The second-order valence-corrected chi connectivity index (χ2v) is 7.57. The van der Waals surface area contributed by atoms with Gasteiger partial charge in [-0.05, 0) is 47.7 Å². The van der Waals surface area contributed by atoms with E-state index in [0.717, 1.165) is 11.4 Å². The largest absolute Gasteiger partial charge is 0.326 e. The van der Waals surface area contributed by atoms with Gasteiger partial charge in [0.1, 0.15) is 6.33 Å². The molecule has 0 aliphatic carbocycles. The van der Waals surface area contributed by atoms with Gasteiger partial charge in [-0.1, -0.05) is 36.0 Å². The Bertz CT molecular complexity index is 1120.